The van der Waals surface area contributed by atoms with Gasteiger partial charge in [-0.2, -0.15) is 0 Å². The molecular formula is C25H22Cl2FN5O4S2. The number of rotatable bonds is 6. The molecule has 2 fully saturated rings. The van der Waals surface area contributed by atoms with E-state index in [0.29, 0.717) is 21.4 Å². The maximum Gasteiger partial charge on any atom is 0.184 e. The summed E-state index contributed by atoms with van der Waals surface area (Å²) in [5.41, 5.74) is 7.33. The minimum Gasteiger partial charge on any atom is -0.375 e. The molecule has 14 heteroatoms. The molecule has 0 bridgehead atoms. The topological polar surface area (TPSA) is 107 Å². The second-order valence-electron chi connectivity index (χ2n) is 8.88. The first kappa shape index (κ1) is 26.9. The van der Waals surface area contributed by atoms with E-state index in [4.69, 9.17) is 47.9 Å². The molecular weight excluding hydrogens is 588 g/mol. The van der Waals surface area contributed by atoms with Crippen LogP contribution in [0, 0.1) is 5.82 Å². The van der Waals surface area contributed by atoms with Crippen LogP contribution in [0.2, 0.25) is 10.0 Å². The quantitative estimate of drug-likeness (QED) is 0.279. The molecule has 0 radical (unpaired) electrons. The highest BCUT2D eigenvalue weighted by atomic mass is 35.5. The fraction of sp³-hybridized carbons (Fsp3) is 0.320. The lowest BCUT2D eigenvalue weighted by Crippen LogP contribution is -2.59. The van der Waals surface area contributed by atoms with E-state index in [-0.39, 0.29) is 16.7 Å². The van der Waals surface area contributed by atoms with Gasteiger partial charge in [-0.05, 0) is 12.1 Å². The van der Waals surface area contributed by atoms with Gasteiger partial charge in [-0.1, -0.05) is 70.5 Å². The van der Waals surface area contributed by atoms with E-state index in [1.807, 2.05) is 35.7 Å². The maximum absolute atomic E-state index is 14.1. The lowest BCUT2D eigenvalue weighted by atomic mass is 9.95. The molecule has 6 unspecified atom stereocenters. The van der Waals surface area contributed by atoms with E-state index < -0.39 is 41.9 Å². The molecule has 4 heterocycles. The molecule has 2 saturated heterocycles. The van der Waals surface area contributed by atoms with Crippen LogP contribution in [0.15, 0.2) is 58.9 Å². The molecule has 0 aliphatic carbocycles. The molecule has 2 aromatic carbocycles. The first-order chi connectivity index (χ1) is 18.9. The van der Waals surface area contributed by atoms with Crippen LogP contribution in [0.4, 0.5) is 9.52 Å². The number of thioether (sulfide) groups is 1. The van der Waals surface area contributed by atoms with Crippen LogP contribution in [0.1, 0.15) is 17.9 Å². The fourth-order valence-corrected chi connectivity index (χ4v) is 7.09. The van der Waals surface area contributed by atoms with Crippen molar-refractivity contribution in [1.29, 1.82) is 0 Å². The van der Waals surface area contributed by atoms with E-state index in [9.17, 15) is 4.39 Å². The number of aromatic nitrogens is 4. The van der Waals surface area contributed by atoms with Gasteiger partial charge < -0.3 is 24.7 Å². The molecule has 0 spiro atoms. The summed E-state index contributed by atoms with van der Waals surface area (Å²) in [7, 11) is 1.59. The highest BCUT2D eigenvalue weighted by Gasteiger charge is 2.52. The van der Waals surface area contributed by atoms with Crippen LogP contribution in [-0.4, -0.2) is 57.4 Å². The number of thiazole rings is 1. The van der Waals surface area contributed by atoms with Crippen LogP contribution >= 0.6 is 46.3 Å². The Balaban J connectivity index is 1.36. The number of methoxy groups -OCH3 is 1. The lowest BCUT2D eigenvalue weighted by molar-refractivity contribution is -0.308. The van der Waals surface area contributed by atoms with Gasteiger partial charge in [-0.3, -0.25) is 0 Å². The zero-order valence-electron chi connectivity index (χ0n) is 20.3. The zero-order valence-corrected chi connectivity index (χ0v) is 23.5. The van der Waals surface area contributed by atoms with Crippen molar-refractivity contribution in [2.75, 3.05) is 19.5 Å². The predicted molar refractivity (Wildman–Crippen MR) is 146 cm³/mol. The number of nitrogens with two attached hydrogens (primary N) is 1. The van der Waals surface area contributed by atoms with Crippen LogP contribution in [0.25, 0.3) is 11.4 Å². The summed E-state index contributed by atoms with van der Waals surface area (Å²) in [6.07, 6.45) is -0.342. The van der Waals surface area contributed by atoms with Crippen molar-refractivity contribution in [3.05, 3.63) is 75.5 Å². The van der Waals surface area contributed by atoms with Gasteiger partial charge in [-0.15, -0.1) is 16.4 Å². The summed E-state index contributed by atoms with van der Waals surface area (Å²) in [5.74, 6) is -0.674. The summed E-state index contributed by atoms with van der Waals surface area (Å²) in [4.78, 5) is 4.94. The van der Waals surface area contributed by atoms with Crippen molar-refractivity contribution in [1.82, 2.24) is 20.0 Å². The number of ether oxygens (including phenoxy) is 4. The maximum atomic E-state index is 14.1. The number of nitrogens with zero attached hydrogens (tertiary/aromatic N) is 4. The van der Waals surface area contributed by atoms with E-state index in [2.05, 4.69) is 15.3 Å². The molecule has 204 valence electrons. The Labute approximate surface area is 241 Å². The summed E-state index contributed by atoms with van der Waals surface area (Å²) >= 11 is 14.7. The summed E-state index contributed by atoms with van der Waals surface area (Å²) in [6.45, 7) is 0.267. The Morgan fingerprint density at radius 1 is 1.15 bits per heavy atom. The minimum atomic E-state index is -0.674. The van der Waals surface area contributed by atoms with E-state index >= 15 is 0 Å². The van der Waals surface area contributed by atoms with Crippen molar-refractivity contribution in [2.45, 2.75) is 41.0 Å². The average Bonchev–Trinajstić information content (AvgIpc) is 3.60. The Bertz CT molecular complexity index is 1440. The largest absolute Gasteiger partial charge is 0.375 e. The molecule has 9 nitrogen and oxygen atoms in total. The lowest BCUT2D eigenvalue weighted by Gasteiger charge is -2.48. The summed E-state index contributed by atoms with van der Waals surface area (Å²) < 4.78 is 40.8. The number of benzene rings is 2. The SMILES string of the molecule is COC1C(Sc2cc(Cl)c(F)c(Cl)c2)OC2COC(c3ccccc3)OC2C1n1cc(-c2csc(N)n2)nn1. The van der Waals surface area contributed by atoms with Crippen molar-refractivity contribution in [3.63, 3.8) is 0 Å². The summed E-state index contributed by atoms with van der Waals surface area (Å²) in [5, 5.41) is 10.9. The van der Waals surface area contributed by atoms with Crippen LogP contribution in [0.5, 0.6) is 0 Å². The standard InChI is InChI=1S/C25H22Cl2FN5O4S2/c1-34-22-20(33-9-16(31-32-33)17-11-38-25(29)30-17)21-18(10-35-23(37-21)12-5-3-2-4-6-12)36-24(22)39-13-7-14(26)19(28)15(27)8-13/h2-9,11,18,20-24H,10H2,1H3,(H2,29,30). The highest BCUT2D eigenvalue weighted by Crippen LogP contribution is 2.45. The first-order valence-corrected chi connectivity index (χ1v) is 14.4. The number of nitrogen functional groups attached to an aromatic ring is 1. The van der Waals surface area contributed by atoms with Gasteiger partial charge in [0.15, 0.2) is 17.2 Å². The molecule has 2 N–H and O–H groups in total. The van der Waals surface area contributed by atoms with Gasteiger partial charge in [0.25, 0.3) is 0 Å². The van der Waals surface area contributed by atoms with E-state index in [1.54, 1.807) is 18.0 Å². The van der Waals surface area contributed by atoms with Crippen molar-refractivity contribution in [3.8, 4) is 11.4 Å². The highest BCUT2D eigenvalue weighted by molar-refractivity contribution is 7.99. The zero-order chi connectivity index (χ0) is 27.1. The monoisotopic (exact) mass is 609 g/mol. The molecule has 4 aromatic rings. The number of hydrogen-bond acceptors (Lipinski definition) is 10. The number of fused-ring (bicyclic) bond motifs is 1. The van der Waals surface area contributed by atoms with Gasteiger partial charge in [0.1, 0.15) is 41.2 Å². The Morgan fingerprint density at radius 3 is 2.62 bits per heavy atom. The third-order valence-corrected chi connectivity index (χ3v) is 8.81. The molecule has 6 atom stereocenters. The summed E-state index contributed by atoms with van der Waals surface area (Å²) in [6, 6.07) is 12.2. The normalized spacial score (nSPS) is 26.9. The molecule has 2 aliphatic heterocycles. The Kier molecular flexibility index (Phi) is 7.79. The molecule has 2 aromatic heterocycles. The molecule has 6 rings (SSSR count). The predicted octanol–water partition coefficient (Wildman–Crippen LogP) is 5.62. The minimum absolute atomic E-state index is 0.0808. The average molecular weight is 611 g/mol. The van der Waals surface area contributed by atoms with Crippen LogP contribution in [-0.2, 0) is 18.9 Å². The van der Waals surface area contributed by atoms with Crippen molar-refractivity contribution >= 4 is 51.4 Å². The third-order valence-electron chi connectivity index (χ3n) is 6.46. The van der Waals surface area contributed by atoms with Gasteiger partial charge in [0, 0.05) is 22.9 Å². The van der Waals surface area contributed by atoms with Crippen molar-refractivity contribution in [2.24, 2.45) is 0 Å². The van der Waals surface area contributed by atoms with Crippen LogP contribution in [0.3, 0.4) is 0 Å². The van der Waals surface area contributed by atoms with Gasteiger partial charge >= 0.3 is 0 Å². The van der Waals surface area contributed by atoms with E-state index in [1.165, 1.54) is 35.2 Å². The number of hydrogen-bond donors (Lipinski definition) is 1. The van der Waals surface area contributed by atoms with Crippen molar-refractivity contribution < 1.29 is 23.3 Å². The number of anilines is 1. The fourth-order valence-electron chi connectivity index (χ4n) is 4.67. The van der Waals surface area contributed by atoms with Gasteiger partial charge in [0.05, 0.1) is 22.8 Å². The van der Waals surface area contributed by atoms with Gasteiger partial charge in [0.2, 0.25) is 0 Å². The third kappa shape index (κ3) is 5.40. The second-order valence-corrected chi connectivity index (χ2v) is 11.8. The second kappa shape index (κ2) is 11.3. The Hall–Kier alpha value is -2.29. The molecule has 0 saturated carbocycles. The number of halogens is 3. The smallest absolute Gasteiger partial charge is 0.184 e. The van der Waals surface area contributed by atoms with Gasteiger partial charge in [-0.25, -0.2) is 14.1 Å². The molecule has 0 amide bonds. The first-order valence-electron chi connectivity index (χ1n) is 11.9. The molecule has 39 heavy (non-hydrogen) atoms. The Morgan fingerprint density at radius 2 is 1.92 bits per heavy atom. The van der Waals surface area contributed by atoms with E-state index in [0.717, 1.165) is 5.56 Å². The van der Waals surface area contributed by atoms with Crippen LogP contribution < -0.4 is 5.73 Å². The molecule has 2 aliphatic rings.